The molecule has 0 unspecified atom stereocenters. The molecule has 3 aromatic heterocycles. The highest BCUT2D eigenvalue weighted by molar-refractivity contribution is 7.13. The Morgan fingerprint density at radius 3 is 2.90 bits per heavy atom. The van der Waals surface area contributed by atoms with Gasteiger partial charge in [-0.05, 0) is 41.8 Å². The van der Waals surface area contributed by atoms with Crippen molar-refractivity contribution in [1.82, 2.24) is 14.9 Å². The first-order valence-corrected chi connectivity index (χ1v) is 10.9. The van der Waals surface area contributed by atoms with Gasteiger partial charge in [0.15, 0.2) is 5.82 Å². The average molecular weight is 442 g/mol. The first-order chi connectivity index (χ1) is 14.2. The maximum absolute atomic E-state index is 6.30. The summed E-state index contributed by atoms with van der Waals surface area (Å²) in [4.78, 5) is 12.8. The number of aromatic nitrogens is 2. The van der Waals surface area contributed by atoms with E-state index in [-0.39, 0.29) is 0 Å². The number of thiophene rings is 1. The highest BCUT2D eigenvalue weighted by Gasteiger charge is 2.20. The van der Waals surface area contributed by atoms with E-state index in [2.05, 4.69) is 21.3 Å². The van der Waals surface area contributed by atoms with Gasteiger partial charge in [-0.1, -0.05) is 29.3 Å². The second-order valence-electron chi connectivity index (χ2n) is 6.99. The van der Waals surface area contributed by atoms with Gasteiger partial charge in [0.2, 0.25) is 0 Å². The Hall–Kier alpha value is -2.18. The van der Waals surface area contributed by atoms with E-state index < -0.39 is 0 Å². The van der Waals surface area contributed by atoms with E-state index >= 15 is 0 Å². The molecule has 0 saturated heterocycles. The molecule has 4 aromatic rings. The van der Waals surface area contributed by atoms with Gasteiger partial charge in [-0.15, -0.1) is 11.3 Å². The van der Waals surface area contributed by atoms with Gasteiger partial charge < -0.3 is 4.42 Å². The fourth-order valence-electron chi connectivity index (χ4n) is 3.55. The SMILES string of the molecule is Clc1ccc(-c2ccc(CN3CCc4nc(-c5cccs5)ncc4C3)o2)c(Cl)c1. The van der Waals surface area contributed by atoms with Crippen molar-refractivity contribution >= 4 is 34.5 Å². The fraction of sp³-hybridized carbons (Fsp3) is 0.182. The van der Waals surface area contributed by atoms with Crippen molar-refractivity contribution in [2.75, 3.05) is 6.54 Å². The zero-order valence-corrected chi connectivity index (χ0v) is 17.8. The first kappa shape index (κ1) is 18.8. The molecule has 0 aliphatic carbocycles. The van der Waals surface area contributed by atoms with Gasteiger partial charge in [0, 0.05) is 41.9 Å². The molecule has 4 heterocycles. The van der Waals surface area contributed by atoms with Crippen LogP contribution in [0.25, 0.3) is 22.0 Å². The zero-order valence-electron chi connectivity index (χ0n) is 15.4. The van der Waals surface area contributed by atoms with Crippen molar-refractivity contribution in [2.24, 2.45) is 0 Å². The van der Waals surface area contributed by atoms with Crippen molar-refractivity contribution in [3.8, 4) is 22.0 Å². The minimum Gasteiger partial charge on any atom is -0.460 e. The number of halogens is 2. The van der Waals surface area contributed by atoms with Gasteiger partial charge >= 0.3 is 0 Å². The molecule has 7 heteroatoms. The predicted octanol–water partition coefficient (Wildman–Crippen LogP) is 6.33. The lowest BCUT2D eigenvalue weighted by Gasteiger charge is -2.27. The zero-order chi connectivity index (χ0) is 19.8. The first-order valence-electron chi connectivity index (χ1n) is 9.31. The van der Waals surface area contributed by atoms with Crippen LogP contribution in [0.1, 0.15) is 17.0 Å². The lowest BCUT2D eigenvalue weighted by Crippen LogP contribution is -2.30. The summed E-state index contributed by atoms with van der Waals surface area (Å²) in [7, 11) is 0. The molecular formula is C22H17Cl2N3OS. The van der Waals surface area contributed by atoms with E-state index in [1.165, 1.54) is 5.56 Å². The number of benzene rings is 1. The molecule has 146 valence electrons. The summed E-state index contributed by atoms with van der Waals surface area (Å²) < 4.78 is 6.05. The summed E-state index contributed by atoms with van der Waals surface area (Å²) >= 11 is 14.0. The summed E-state index contributed by atoms with van der Waals surface area (Å²) in [6.45, 7) is 2.49. The van der Waals surface area contributed by atoms with Crippen LogP contribution in [0.4, 0.5) is 0 Å². The van der Waals surface area contributed by atoms with Crippen LogP contribution in [0.3, 0.4) is 0 Å². The third kappa shape index (κ3) is 3.96. The number of hydrogen-bond donors (Lipinski definition) is 0. The monoisotopic (exact) mass is 441 g/mol. The number of fused-ring (bicyclic) bond motifs is 1. The summed E-state index contributed by atoms with van der Waals surface area (Å²) in [5.41, 5.74) is 3.18. The fourth-order valence-corrected chi connectivity index (χ4v) is 4.72. The Kier molecular flexibility index (Phi) is 5.14. The quantitative estimate of drug-likeness (QED) is 0.370. The average Bonchev–Trinajstić information content (AvgIpc) is 3.40. The molecule has 0 N–H and O–H groups in total. The van der Waals surface area contributed by atoms with Gasteiger partial charge in [0.1, 0.15) is 11.5 Å². The van der Waals surface area contributed by atoms with Gasteiger partial charge in [0.25, 0.3) is 0 Å². The Morgan fingerprint density at radius 1 is 1.14 bits per heavy atom. The van der Waals surface area contributed by atoms with Crippen molar-refractivity contribution < 1.29 is 4.42 Å². The Balaban J connectivity index is 1.30. The predicted molar refractivity (Wildman–Crippen MR) is 117 cm³/mol. The van der Waals surface area contributed by atoms with Gasteiger partial charge in [-0.25, -0.2) is 9.97 Å². The lowest BCUT2D eigenvalue weighted by molar-refractivity contribution is 0.224. The van der Waals surface area contributed by atoms with E-state index in [1.807, 2.05) is 36.5 Å². The van der Waals surface area contributed by atoms with E-state index in [0.717, 1.165) is 59.5 Å². The summed E-state index contributed by atoms with van der Waals surface area (Å²) in [5.74, 6) is 2.48. The molecule has 1 aromatic carbocycles. The lowest BCUT2D eigenvalue weighted by atomic mass is 10.1. The minimum absolute atomic E-state index is 0.587. The van der Waals surface area contributed by atoms with E-state index in [0.29, 0.717) is 10.0 Å². The van der Waals surface area contributed by atoms with Crippen LogP contribution in [0.2, 0.25) is 10.0 Å². The molecule has 1 aliphatic heterocycles. The van der Waals surface area contributed by atoms with Crippen molar-refractivity contribution in [2.45, 2.75) is 19.5 Å². The summed E-state index contributed by atoms with van der Waals surface area (Å²) in [5, 5.41) is 3.25. The molecule has 0 fully saturated rings. The van der Waals surface area contributed by atoms with Crippen LogP contribution in [0.15, 0.2) is 58.5 Å². The molecule has 0 bridgehead atoms. The molecule has 1 aliphatic rings. The smallest absolute Gasteiger partial charge is 0.169 e. The topological polar surface area (TPSA) is 42.2 Å². The molecule has 5 rings (SSSR count). The highest BCUT2D eigenvalue weighted by atomic mass is 35.5. The molecular weight excluding hydrogens is 425 g/mol. The van der Waals surface area contributed by atoms with Gasteiger partial charge in [-0.2, -0.15) is 0 Å². The van der Waals surface area contributed by atoms with Crippen molar-refractivity contribution in [3.63, 3.8) is 0 Å². The third-order valence-corrected chi connectivity index (χ3v) is 6.41. The number of nitrogens with zero attached hydrogens (tertiary/aromatic N) is 3. The number of furan rings is 1. The van der Waals surface area contributed by atoms with Crippen LogP contribution >= 0.6 is 34.5 Å². The molecule has 0 amide bonds. The van der Waals surface area contributed by atoms with Gasteiger partial charge in [0.05, 0.1) is 22.1 Å². The van der Waals surface area contributed by atoms with Crippen molar-refractivity contribution in [3.05, 3.63) is 81.1 Å². The Morgan fingerprint density at radius 2 is 2.07 bits per heavy atom. The van der Waals surface area contributed by atoms with Crippen LogP contribution in [-0.4, -0.2) is 21.4 Å². The molecule has 4 nitrogen and oxygen atoms in total. The Bertz CT molecular complexity index is 1160. The highest BCUT2D eigenvalue weighted by Crippen LogP contribution is 2.32. The van der Waals surface area contributed by atoms with E-state index in [4.69, 9.17) is 32.6 Å². The standard InChI is InChI=1S/C22H17Cl2N3OS/c23-15-3-5-17(18(24)10-15)20-6-4-16(28-20)13-27-8-7-19-14(12-27)11-25-22(26-19)21-2-1-9-29-21/h1-6,9-11H,7-8,12-13H2. The molecule has 0 saturated carbocycles. The summed E-state index contributed by atoms with van der Waals surface area (Å²) in [6.07, 6.45) is 2.87. The van der Waals surface area contributed by atoms with Crippen LogP contribution < -0.4 is 0 Å². The normalized spacial score (nSPS) is 14.1. The Labute approximate surface area is 182 Å². The summed E-state index contributed by atoms with van der Waals surface area (Å²) in [6, 6.07) is 13.5. The van der Waals surface area contributed by atoms with Crippen LogP contribution in [0, 0.1) is 0 Å². The van der Waals surface area contributed by atoms with E-state index in [9.17, 15) is 0 Å². The maximum atomic E-state index is 6.30. The number of hydrogen-bond acceptors (Lipinski definition) is 5. The largest absolute Gasteiger partial charge is 0.460 e. The maximum Gasteiger partial charge on any atom is 0.169 e. The molecule has 0 atom stereocenters. The van der Waals surface area contributed by atoms with Crippen LogP contribution in [0.5, 0.6) is 0 Å². The van der Waals surface area contributed by atoms with E-state index in [1.54, 1.807) is 17.4 Å². The minimum atomic E-state index is 0.587. The third-order valence-electron chi connectivity index (χ3n) is 4.99. The molecule has 0 radical (unpaired) electrons. The second-order valence-corrected chi connectivity index (χ2v) is 8.78. The van der Waals surface area contributed by atoms with Crippen molar-refractivity contribution in [1.29, 1.82) is 0 Å². The van der Waals surface area contributed by atoms with Crippen LogP contribution in [-0.2, 0) is 19.5 Å². The second kappa shape index (κ2) is 7.92. The molecule has 0 spiro atoms. The molecule has 29 heavy (non-hydrogen) atoms. The number of rotatable bonds is 4. The van der Waals surface area contributed by atoms with Gasteiger partial charge in [-0.3, -0.25) is 4.90 Å².